The van der Waals surface area contributed by atoms with E-state index in [1.165, 1.54) is 48.9 Å². The largest absolute Gasteiger partial charge is 0.348 e. The molecule has 31 heavy (non-hydrogen) atoms. The molecule has 0 aliphatic carbocycles. The fraction of sp³-hybridized carbons (Fsp3) is 0.435. The molecule has 1 heterocycles. The number of amides is 1. The Morgan fingerprint density at radius 1 is 1.13 bits per heavy atom. The number of hydrogen-bond donors (Lipinski definition) is 2. The van der Waals surface area contributed by atoms with Gasteiger partial charge in [0.15, 0.2) is 0 Å². The number of nitrogens with zero attached hydrogens (tertiary/aromatic N) is 1. The third-order valence-electron chi connectivity index (χ3n) is 5.36. The van der Waals surface area contributed by atoms with Gasteiger partial charge < -0.3 is 10.2 Å². The second-order valence-corrected chi connectivity index (χ2v) is 10.4. The van der Waals surface area contributed by atoms with Gasteiger partial charge in [-0.05, 0) is 67.6 Å². The molecule has 168 valence electrons. The average molecular weight is 448 g/mol. The third kappa shape index (κ3) is 6.51. The summed E-state index contributed by atoms with van der Waals surface area (Å²) in [6, 6.07) is 10.8. The van der Waals surface area contributed by atoms with Crippen molar-refractivity contribution in [1.82, 2.24) is 10.2 Å². The number of sulfonamides is 1. The summed E-state index contributed by atoms with van der Waals surface area (Å²) in [5.41, 5.74) is 0.518. The number of rotatable bonds is 7. The van der Waals surface area contributed by atoms with Crippen LogP contribution in [0.25, 0.3) is 0 Å². The van der Waals surface area contributed by atoms with Crippen LogP contribution < -0.4 is 10.0 Å². The summed E-state index contributed by atoms with van der Waals surface area (Å²) in [6.07, 6.45) is 1.23. The van der Waals surface area contributed by atoms with Gasteiger partial charge in [-0.25, -0.2) is 12.8 Å². The van der Waals surface area contributed by atoms with Gasteiger partial charge in [0.1, 0.15) is 5.82 Å². The van der Waals surface area contributed by atoms with Crippen molar-refractivity contribution >= 4 is 21.6 Å². The second-order valence-electron chi connectivity index (χ2n) is 8.68. The molecule has 0 bridgehead atoms. The van der Waals surface area contributed by atoms with Crippen molar-refractivity contribution in [3.05, 3.63) is 59.9 Å². The Bertz CT molecular complexity index is 1000. The van der Waals surface area contributed by atoms with Crippen LogP contribution in [0.15, 0.2) is 53.4 Å². The summed E-state index contributed by atoms with van der Waals surface area (Å²) in [5, 5.41) is 2.97. The van der Waals surface area contributed by atoms with E-state index in [4.69, 9.17) is 0 Å². The Kier molecular flexibility index (Phi) is 7.33. The van der Waals surface area contributed by atoms with Crippen LogP contribution in [-0.2, 0) is 10.0 Å². The second kappa shape index (κ2) is 9.78. The molecule has 0 saturated carbocycles. The number of piperidine rings is 1. The molecule has 2 aromatic carbocycles. The van der Waals surface area contributed by atoms with Crippen LogP contribution in [-0.4, -0.2) is 44.9 Å². The van der Waals surface area contributed by atoms with Crippen LogP contribution in [0.5, 0.6) is 0 Å². The molecule has 0 aromatic heterocycles. The highest BCUT2D eigenvalue weighted by Gasteiger charge is 2.24. The lowest BCUT2D eigenvalue weighted by atomic mass is 9.92. The lowest BCUT2D eigenvalue weighted by Gasteiger charge is -2.36. The van der Waals surface area contributed by atoms with Gasteiger partial charge in [-0.1, -0.05) is 19.9 Å². The smallest absolute Gasteiger partial charge is 0.261 e. The van der Waals surface area contributed by atoms with Gasteiger partial charge in [-0.2, -0.15) is 0 Å². The molecular weight excluding hydrogens is 417 g/mol. The Labute approximate surface area is 183 Å². The minimum Gasteiger partial charge on any atom is -0.348 e. The van der Waals surface area contributed by atoms with E-state index in [0.29, 0.717) is 11.8 Å². The minimum absolute atomic E-state index is 0.0317. The molecule has 3 rings (SSSR count). The molecule has 0 radical (unpaired) electrons. The third-order valence-corrected chi connectivity index (χ3v) is 6.74. The predicted molar refractivity (Wildman–Crippen MR) is 120 cm³/mol. The van der Waals surface area contributed by atoms with E-state index in [2.05, 4.69) is 28.8 Å². The fourth-order valence-corrected chi connectivity index (χ4v) is 5.32. The normalized spacial score (nSPS) is 20.8. The summed E-state index contributed by atoms with van der Waals surface area (Å²) in [5.74, 6) is 0.512. The first-order valence-corrected chi connectivity index (χ1v) is 12.0. The van der Waals surface area contributed by atoms with Gasteiger partial charge in [-0.15, -0.1) is 0 Å². The lowest BCUT2D eigenvalue weighted by Crippen LogP contribution is -2.47. The summed E-state index contributed by atoms with van der Waals surface area (Å²) in [4.78, 5) is 15.1. The zero-order chi connectivity index (χ0) is 22.6. The van der Waals surface area contributed by atoms with Crippen molar-refractivity contribution in [3.63, 3.8) is 0 Å². The van der Waals surface area contributed by atoms with E-state index in [9.17, 15) is 17.6 Å². The molecule has 3 unspecified atom stereocenters. The number of carbonyl (C=O) groups is 1. The number of halogens is 1. The van der Waals surface area contributed by atoms with Crippen LogP contribution in [0.1, 0.15) is 37.6 Å². The molecule has 1 saturated heterocycles. The van der Waals surface area contributed by atoms with Crippen molar-refractivity contribution in [2.45, 2.75) is 38.1 Å². The first-order chi connectivity index (χ1) is 14.6. The monoisotopic (exact) mass is 447 g/mol. The zero-order valence-electron chi connectivity index (χ0n) is 18.1. The molecule has 1 aliphatic rings. The van der Waals surface area contributed by atoms with Crippen LogP contribution in [0, 0.1) is 17.7 Å². The topological polar surface area (TPSA) is 78.5 Å². The molecule has 6 nitrogen and oxygen atoms in total. The van der Waals surface area contributed by atoms with Gasteiger partial charge in [0, 0.05) is 36.9 Å². The average Bonchev–Trinajstić information content (AvgIpc) is 2.69. The summed E-state index contributed by atoms with van der Waals surface area (Å²) >= 11 is 0. The van der Waals surface area contributed by atoms with Gasteiger partial charge in [0.25, 0.3) is 15.9 Å². The van der Waals surface area contributed by atoms with E-state index in [0.717, 1.165) is 19.6 Å². The number of anilines is 1. The molecule has 2 N–H and O–H groups in total. The van der Waals surface area contributed by atoms with E-state index < -0.39 is 15.8 Å². The number of benzene rings is 2. The quantitative estimate of drug-likeness (QED) is 0.678. The molecule has 1 amide bonds. The van der Waals surface area contributed by atoms with Crippen LogP contribution >= 0.6 is 0 Å². The molecule has 0 spiro atoms. The highest BCUT2D eigenvalue weighted by atomic mass is 32.2. The van der Waals surface area contributed by atoms with Gasteiger partial charge in [0.05, 0.1) is 4.90 Å². The van der Waals surface area contributed by atoms with Crippen molar-refractivity contribution < 1.29 is 17.6 Å². The first kappa shape index (κ1) is 23.2. The van der Waals surface area contributed by atoms with Crippen molar-refractivity contribution in [1.29, 1.82) is 0 Å². The number of carbonyl (C=O) groups excluding carboxylic acids is 1. The lowest BCUT2D eigenvalue weighted by molar-refractivity contribution is 0.0904. The molecule has 1 aliphatic heterocycles. The first-order valence-electron chi connectivity index (χ1n) is 10.5. The Morgan fingerprint density at radius 2 is 1.77 bits per heavy atom. The van der Waals surface area contributed by atoms with Gasteiger partial charge in [0.2, 0.25) is 0 Å². The highest BCUT2D eigenvalue weighted by Crippen LogP contribution is 2.21. The van der Waals surface area contributed by atoms with Crippen LogP contribution in [0.2, 0.25) is 0 Å². The minimum atomic E-state index is -3.91. The molecule has 2 aromatic rings. The fourth-order valence-electron chi connectivity index (χ4n) is 4.22. The Balaban J connectivity index is 1.64. The molecule has 1 fully saturated rings. The molecular formula is C23H30FN3O3S. The maximum Gasteiger partial charge on any atom is 0.261 e. The zero-order valence-corrected chi connectivity index (χ0v) is 19.0. The molecule has 3 atom stereocenters. The van der Waals surface area contributed by atoms with E-state index in [-0.39, 0.29) is 28.1 Å². The Hall–Kier alpha value is -2.45. The Morgan fingerprint density at radius 3 is 2.42 bits per heavy atom. The van der Waals surface area contributed by atoms with Crippen molar-refractivity contribution in [2.75, 3.05) is 24.4 Å². The number of hydrogen-bond acceptors (Lipinski definition) is 4. The van der Waals surface area contributed by atoms with Crippen molar-refractivity contribution in [2.24, 2.45) is 11.8 Å². The van der Waals surface area contributed by atoms with Gasteiger partial charge in [-0.3, -0.25) is 9.52 Å². The maximum absolute atomic E-state index is 13.0. The van der Waals surface area contributed by atoms with Crippen LogP contribution in [0.3, 0.4) is 0 Å². The highest BCUT2D eigenvalue weighted by molar-refractivity contribution is 7.92. The summed E-state index contributed by atoms with van der Waals surface area (Å²) in [6.45, 7) is 9.25. The van der Waals surface area contributed by atoms with Crippen molar-refractivity contribution in [3.8, 4) is 0 Å². The van der Waals surface area contributed by atoms with E-state index >= 15 is 0 Å². The SMILES string of the molecule is CC1CC(C)CN(CC(C)NC(=O)c2cccc(S(=O)(=O)Nc3ccc(F)cc3)c2)C1. The molecule has 8 heteroatoms. The number of nitrogens with one attached hydrogen (secondary N) is 2. The summed E-state index contributed by atoms with van der Waals surface area (Å²) < 4.78 is 40.8. The van der Waals surface area contributed by atoms with E-state index in [1.807, 2.05) is 6.92 Å². The maximum atomic E-state index is 13.0. The van der Waals surface area contributed by atoms with Crippen LogP contribution in [0.4, 0.5) is 10.1 Å². The van der Waals surface area contributed by atoms with E-state index in [1.54, 1.807) is 6.07 Å². The van der Waals surface area contributed by atoms with Gasteiger partial charge >= 0.3 is 0 Å². The summed E-state index contributed by atoms with van der Waals surface area (Å²) in [7, 11) is -3.91. The predicted octanol–water partition coefficient (Wildman–Crippen LogP) is 3.72. The standard InChI is InChI=1S/C23H30FN3O3S/c1-16-11-17(2)14-27(13-16)15-18(3)25-23(28)19-5-4-6-22(12-19)31(29,30)26-21-9-7-20(24)8-10-21/h4-10,12,16-18,26H,11,13-15H2,1-3H3,(H,25,28). The number of likely N-dealkylation sites (tertiary alicyclic amines) is 1.